The van der Waals surface area contributed by atoms with Crippen LogP contribution in [0.25, 0.3) is 22.5 Å². The van der Waals surface area contributed by atoms with Gasteiger partial charge in [0.05, 0.1) is 23.6 Å². The smallest absolute Gasteiger partial charge is 0.166 e. The van der Waals surface area contributed by atoms with Crippen molar-refractivity contribution in [3.05, 3.63) is 60.7 Å². The van der Waals surface area contributed by atoms with Crippen LogP contribution in [-0.2, 0) is 9.47 Å². The number of aliphatic hydroxyl groups excluding tert-OH is 1. The highest BCUT2D eigenvalue weighted by atomic mass is 32.2. The Kier molecular flexibility index (Phi) is 6.12. The number of aromatic amines is 1. The third kappa shape index (κ3) is 4.47. The third-order valence-corrected chi connectivity index (χ3v) is 5.81. The Balaban J connectivity index is 1.56. The molecule has 146 valence electrons. The normalized spacial score (nSPS) is 22.3. The topological polar surface area (TPSA) is 67.4 Å². The lowest BCUT2D eigenvalue weighted by molar-refractivity contribution is -0.197. The number of rotatable bonds is 6. The molecule has 28 heavy (non-hydrogen) atoms. The third-order valence-electron chi connectivity index (χ3n) is 4.80. The van der Waals surface area contributed by atoms with E-state index in [4.69, 9.17) is 14.5 Å². The van der Waals surface area contributed by atoms with Gasteiger partial charge in [-0.3, -0.25) is 0 Å². The van der Waals surface area contributed by atoms with E-state index in [0.29, 0.717) is 18.6 Å². The number of hydrogen-bond acceptors (Lipinski definition) is 5. The van der Waals surface area contributed by atoms with Crippen LogP contribution >= 0.6 is 11.8 Å². The van der Waals surface area contributed by atoms with E-state index < -0.39 is 0 Å². The molecule has 0 bridgehead atoms. The summed E-state index contributed by atoms with van der Waals surface area (Å²) in [6.45, 7) is 0. The number of methoxy groups -OCH3 is 1. The SMILES string of the molecule is CO[C@@H]1C[C@H](O)C[C@@H](CSc2nc(-c3ccccc3)c(-c3ccccc3)[nH]2)O1. The Morgan fingerprint density at radius 2 is 1.75 bits per heavy atom. The summed E-state index contributed by atoms with van der Waals surface area (Å²) in [4.78, 5) is 8.33. The number of nitrogens with zero attached hydrogens (tertiary/aromatic N) is 1. The molecule has 0 spiro atoms. The minimum absolute atomic E-state index is 0.0656. The number of benzene rings is 2. The van der Waals surface area contributed by atoms with Gasteiger partial charge < -0.3 is 19.6 Å². The molecule has 5 nitrogen and oxygen atoms in total. The fraction of sp³-hybridized carbons (Fsp3) is 0.318. The maximum Gasteiger partial charge on any atom is 0.166 e. The molecular formula is C22H24N2O3S. The van der Waals surface area contributed by atoms with Crippen molar-refractivity contribution in [1.82, 2.24) is 9.97 Å². The predicted octanol–water partition coefficient (Wildman–Crippen LogP) is 4.35. The molecular weight excluding hydrogens is 372 g/mol. The monoisotopic (exact) mass is 396 g/mol. The average Bonchev–Trinajstić information content (AvgIpc) is 3.17. The summed E-state index contributed by atoms with van der Waals surface area (Å²) in [5.74, 6) is 0.701. The molecule has 0 amide bonds. The Morgan fingerprint density at radius 1 is 1.07 bits per heavy atom. The molecule has 1 saturated heterocycles. The number of aromatic nitrogens is 2. The molecule has 2 aromatic carbocycles. The van der Waals surface area contributed by atoms with Gasteiger partial charge in [0.25, 0.3) is 0 Å². The number of aliphatic hydroxyl groups is 1. The van der Waals surface area contributed by atoms with Gasteiger partial charge in [0.15, 0.2) is 11.4 Å². The minimum atomic E-state index is -0.388. The average molecular weight is 397 g/mol. The molecule has 1 aromatic heterocycles. The highest BCUT2D eigenvalue weighted by Crippen LogP contribution is 2.33. The van der Waals surface area contributed by atoms with Crippen LogP contribution in [-0.4, -0.2) is 46.4 Å². The molecule has 6 heteroatoms. The van der Waals surface area contributed by atoms with Gasteiger partial charge in [0.1, 0.15) is 0 Å². The molecule has 0 saturated carbocycles. The van der Waals surface area contributed by atoms with Crippen LogP contribution in [0.5, 0.6) is 0 Å². The summed E-state index contributed by atoms with van der Waals surface area (Å²) in [7, 11) is 1.61. The van der Waals surface area contributed by atoms with Crippen LogP contribution in [0.15, 0.2) is 65.8 Å². The molecule has 0 unspecified atom stereocenters. The van der Waals surface area contributed by atoms with Gasteiger partial charge in [-0.1, -0.05) is 72.4 Å². The number of H-pyrrole nitrogens is 1. The summed E-state index contributed by atoms with van der Waals surface area (Å²) in [5.41, 5.74) is 4.13. The van der Waals surface area contributed by atoms with E-state index in [9.17, 15) is 5.11 Å². The largest absolute Gasteiger partial charge is 0.393 e. The molecule has 1 aliphatic heterocycles. The Morgan fingerprint density at radius 3 is 2.43 bits per heavy atom. The molecule has 0 aliphatic carbocycles. The van der Waals surface area contributed by atoms with Gasteiger partial charge in [-0.25, -0.2) is 4.98 Å². The second-order valence-electron chi connectivity index (χ2n) is 6.86. The summed E-state index contributed by atoms with van der Waals surface area (Å²) < 4.78 is 11.2. The van der Waals surface area contributed by atoms with E-state index in [-0.39, 0.29) is 18.5 Å². The molecule has 2 heterocycles. The molecule has 1 aliphatic rings. The predicted molar refractivity (Wildman–Crippen MR) is 111 cm³/mol. The fourth-order valence-corrected chi connectivity index (χ4v) is 4.31. The first-order chi connectivity index (χ1) is 13.7. The van der Waals surface area contributed by atoms with Crippen LogP contribution in [0.3, 0.4) is 0 Å². The van der Waals surface area contributed by atoms with Crippen LogP contribution < -0.4 is 0 Å². The lowest BCUT2D eigenvalue weighted by atomic mass is 10.1. The van der Waals surface area contributed by atoms with Crippen molar-refractivity contribution in [2.24, 2.45) is 0 Å². The van der Waals surface area contributed by atoms with Gasteiger partial charge in [-0.05, 0) is 0 Å². The molecule has 1 fully saturated rings. The number of nitrogens with one attached hydrogen (secondary N) is 1. The van der Waals surface area contributed by atoms with Crippen LogP contribution in [0.2, 0.25) is 0 Å². The lowest BCUT2D eigenvalue weighted by Crippen LogP contribution is -2.37. The van der Waals surface area contributed by atoms with Crippen LogP contribution in [0.4, 0.5) is 0 Å². The summed E-state index contributed by atoms with van der Waals surface area (Å²) in [5, 5.41) is 10.9. The van der Waals surface area contributed by atoms with Crippen molar-refractivity contribution in [2.45, 2.75) is 36.5 Å². The van der Waals surface area contributed by atoms with Crippen molar-refractivity contribution in [1.29, 1.82) is 0 Å². The quantitative estimate of drug-likeness (QED) is 0.607. The van der Waals surface area contributed by atoms with E-state index in [1.165, 1.54) is 0 Å². The summed E-state index contributed by atoms with van der Waals surface area (Å²) in [6, 6.07) is 20.4. The lowest BCUT2D eigenvalue weighted by Gasteiger charge is -2.31. The fourth-order valence-electron chi connectivity index (χ4n) is 3.42. The summed E-state index contributed by atoms with van der Waals surface area (Å²) >= 11 is 1.61. The second-order valence-corrected chi connectivity index (χ2v) is 7.87. The minimum Gasteiger partial charge on any atom is -0.393 e. The number of imidazole rings is 1. The molecule has 2 N–H and O–H groups in total. The van der Waals surface area contributed by atoms with Gasteiger partial charge in [0.2, 0.25) is 0 Å². The highest BCUT2D eigenvalue weighted by Gasteiger charge is 2.28. The zero-order valence-electron chi connectivity index (χ0n) is 15.7. The van der Waals surface area contributed by atoms with Gasteiger partial charge in [0, 0.05) is 36.8 Å². The Hall–Kier alpha value is -2.12. The van der Waals surface area contributed by atoms with Crippen LogP contribution in [0, 0.1) is 0 Å². The number of ether oxygens (including phenoxy) is 2. The first-order valence-electron chi connectivity index (χ1n) is 9.43. The van der Waals surface area contributed by atoms with Crippen molar-refractivity contribution in [3.63, 3.8) is 0 Å². The van der Waals surface area contributed by atoms with Crippen molar-refractivity contribution < 1.29 is 14.6 Å². The second kappa shape index (κ2) is 8.92. The Bertz CT molecular complexity index is 828. The number of hydrogen-bond donors (Lipinski definition) is 2. The zero-order chi connectivity index (χ0) is 19.3. The zero-order valence-corrected chi connectivity index (χ0v) is 16.6. The molecule has 4 rings (SSSR count). The standard InChI is InChI=1S/C22H24N2O3S/c1-26-19-13-17(25)12-18(27-19)14-28-22-23-20(15-8-4-2-5-9-15)21(24-22)16-10-6-3-7-11-16/h2-11,17-19,25H,12-14H2,1H3,(H,23,24)/t17-,18+,19+/m1/s1. The van der Waals surface area contributed by atoms with E-state index in [2.05, 4.69) is 29.2 Å². The van der Waals surface area contributed by atoms with Gasteiger partial charge >= 0.3 is 0 Å². The number of thioether (sulfide) groups is 1. The van der Waals surface area contributed by atoms with Crippen LogP contribution in [0.1, 0.15) is 12.8 Å². The van der Waals surface area contributed by atoms with E-state index >= 15 is 0 Å². The van der Waals surface area contributed by atoms with E-state index in [1.54, 1.807) is 18.9 Å². The molecule has 3 aromatic rings. The van der Waals surface area contributed by atoms with Crippen molar-refractivity contribution in [3.8, 4) is 22.5 Å². The maximum atomic E-state index is 10.0. The maximum absolute atomic E-state index is 10.0. The first kappa shape index (κ1) is 19.2. The summed E-state index contributed by atoms with van der Waals surface area (Å²) in [6.07, 6.45) is 0.342. The molecule has 3 atom stereocenters. The highest BCUT2D eigenvalue weighted by molar-refractivity contribution is 7.99. The van der Waals surface area contributed by atoms with E-state index in [0.717, 1.165) is 27.7 Å². The van der Waals surface area contributed by atoms with Gasteiger partial charge in [-0.15, -0.1) is 0 Å². The van der Waals surface area contributed by atoms with Gasteiger partial charge in [-0.2, -0.15) is 0 Å². The van der Waals surface area contributed by atoms with Crippen molar-refractivity contribution in [2.75, 3.05) is 12.9 Å². The molecule has 0 radical (unpaired) electrons. The van der Waals surface area contributed by atoms with E-state index in [1.807, 2.05) is 36.4 Å². The first-order valence-corrected chi connectivity index (χ1v) is 10.4. The Labute approximate surface area is 169 Å². The van der Waals surface area contributed by atoms with Crippen molar-refractivity contribution >= 4 is 11.8 Å².